The molecule has 0 radical (unpaired) electrons. The lowest BCUT2D eigenvalue weighted by atomic mass is 10.4. The first-order chi connectivity index (χ1) is 10.3. The zero-order chi connectivity index (χ0) is 14.5. The van der Waals surface area contributed by atoms with Crippen molar-refractivity contribution >= 4 is 29.0 Å². The van der Waals surface area contributed by atoms with E-state index in [1.165, 1.54) is 6.08 Å². The standard InChI is InChI=1S/C14H11N5OS/c20-13(4-3-12-2-1-7-21-12)18-11-8-16-14(17-9-11)19-6-5-15-10-19/h1-10H,(H,18,20)/b4-3+. The van der Waals surface area contributed by atoms with E-state index in [9.17, 15) is 4.79 Å². The molecule has 0 aromatic carbocycles. The quantitative estimate of drug-likeness (QED) is 0.750. The summed E-state index contributed by atoms with van der Waals surface area (Å²) >= 11 is 1.57. The van der Waals surface area contributed by atoms with Crippen molar-refractivity contribution in [3.8, 4) is 5.95 Å². The van der Waals surface area contributed by atoms with Crippen molar-refractivity contribution in [1.82, 2.24) is 19.5 Å². The van der Waals surface area contributed by atoms with Crippen LogP contribution in [-0.4, -0.2) is 25.4 Å². The van der Waals surface area contributed by atoms with Crippen LogP contribution in [0.1, 0.15) is 4.88 Å². The lowest BCUT2D eigenvalue weighted by Gasteiger charge is -2.03. The number of hydrogen-bond donors (Lipinski definition) is 1. The second kappa shape index (κ2) is 6.10. The van der Waals surface area contributed by atoms with Gasteiger partial charge in [-0.25, -0.2) is 15.0 Å². The van der Waals surface area contributed by atoms with Crippen LogP contribution in [0.4, 0.5) is 5.69 Å². The van der Waals surface area contributed by atoms with Crippen LogP contribution in [0.5, 0.6) is 0 Å². The highest BCUT2D eigenvalue weighted by Crippen LogP contribution is 2.11. The first kappa shape index (κ1) is 13.2. The molecule has 3 aromatic heterocycles. The molecule has 0 aliphatic heterocycles. The molecule has 0 spiro atoms. The SMILES string of the molecule is O=C(/C=C/c1cccs1)Nc1cnc(-n2ccnc2)nc1. The topological polar surface area (TPSA) is 72.7 Å². The Bertz CT molecular complexity index is 732. The van der Waals surface area contributed by atoms with Gasteiger partial charge in [0.25, 0.3) is 0 Å². The van der Waals surface area contributed by atoms with Gasteiger partial charge in [0.2, 0.25) is 11.9 Å². The van der Waals surface area contributed by atoms with Gasteiger partial charge in [-0.05, 0) is 17.5 Å². The van der Waals surface area contributed by atoms with Gasteiger partial charge >= 0.3 is 0 Å². The van der Waals surface area contributed by atoms with Crippen LogP contribution in [0.2, 0.25) is 0 Å². The molecule has 1 amide bonds. The molecule has 0 aliphatic carbocycles. The summed E-state index contributed by atoms with van der Waals surface area (Å²) in [6, 6.07) is 3.88. The number of amides is 1. The molecule has 0 saturated heterocycles. The Morgan fingerprint density at radius 2 is 2.19 bits per heavy atom. The molecule has 0 bridgehead atoms. The second-order valence-corrected chi connectivity index (χ2v) is 5.06. The van der Waals surface area contributed by atoms with Gasteiger partial charge in [-0.1, -0.05) is 6.07 Å². The minimum Gasteiger partial charge on any atom is -0.320 e. The van der Waals surface area contributed by atoms with E-state index in [1.54, 1.807) is 53.1 Å². The lowest BCUT2D eigenvalue weighted by Crippen LogP contribution is -2.09. The summed E-state index contributed by atoms with van der Waals surface area (Å²) in [5.41, 5.74) is 0.541. The lowest BCUT2D eigenvalue weighted by molar-refractivity contribution is -0.111. The van der Waals surface area contributed by atoms with E-state index in [1.807, 2.05) is 17.5 Å². The summed E-state index contributed by atoms with van der Waals surface area (Å²) in [7, 11) is 0. The zero-order valence-corrected chi connectivity index (χ0v) is 11.7. The summed E-state index contributed by atoms with van der Waals surface area (Å²) in [5, 5.41) is 4.66. The fourth-order valence-electron chi connectivity index (χ4n) is 1.62. The predicted octanol–water partition coefficient (Wildman–Crippen LogP) is 2.38. The minimum absolute atomic E-state index is 0.220. The van der Waals surface area contributed by atoms with Gasteiger partial charge in [-0.3, -0.25) is 9.36 Å². The number of nitrogens with one attached hydrogen (secondary N) is 1. The van der Waals surface area contributed by atoms with Gasteiger partial charge in [0.15, 0.2) is 0 Å². The Hall–Kier alpha value is -2.80. The van der Waals surface area contributed by atoms with Gasteiger partial charge in [0, 0.05) is 23.3 Å². The van der Waals surface area contributed by atoms with Crippen molar-refractivity contribution in [2.45, 2.75) is 0 Å². The van der Waals surface area contributed by atoms with Crippen LogP contribution >= 0.6 is 11.3 Å². The van der Waals surface area contributed by atoms with E-state index in [4.69, 9.17) is 0 Å². The number of nitrogens with zero attached hydrogens (tertiary/aromatic N) is 4. The summed E-state index contributed by atoms with van der Waals surface area (Å²) in [6.07, 6.45) is 11.4. The minimum atomic E-state index is -0.220. The summed E-state index contributed by atoms with van der Waals surface area (Å²) < 4.78 is 1.68. The molecule has 0 aliphatic rings. The normalized spacial score (nSPS) is 10.9. The van der Waals surface area contributed by atoms with Gasteiger partial charge in [0.1, 0.15) is 6.33 Å². The van der Waals surface area contributed by atoms with E-state index in [0.29, 0.717) is 11.6 Å². The highest BCUT2D eigenvalue weighted by Gasteiger charge is 2.02. The Morgan fingerprint density at radius 3 is 2.86 bits per heavy atom. The third-order valence-corrected chi connectivity index (χ3v) is 3.42. The molecule has 0 saturated carbocycles. The second-order valence-electron chi connectivity index (χ2n) is 4.08. The van der Waals surface area contributed by atoms with Crippen molar-refractivity contribution < 1.29 is 4.79 Å². The van der Waals surface area contributed by atoms with Crippen molar-refractivity contribution in [2.75, 3.05) is 5.32 Å². The molecule has 21 heavy (non-hydrogen) atoms. The number of thiophene rings is 1. The Kier molecular flexibility index (Phi) is 3.83. The monoisotopic (exact) mass is 297 g/mol. The zero-order valence-electron chi connectivity index (χ0n) is 10.9. The number of hydrogen-bond acceptors (Lipinski definition) is 5. The van der Waals surface area contributed by atoms with Crippen LogP contribution in [0, 0.1) is 0 Å². The van der Waals surface area contributed by atoms with Crippen molar-refractivity contribution in [1.29, 1.82) is 0 Å². The first-order valence-electron chi connectivity index (χ1n) is 6.14. The average molecular weight is 297 g/mol. The molecule has 104 valence electrons. The van der Waals surface area contributed by atoms with Crippen LogP contribution in [0.25, 0.3) is 12.0 Å². The highest BCUT2D eigenvalue weighted by molar-refractivity contribution is 7.10. The van der Waals surface area contributed by atoms with E-state index < -0.39 is 0 Å². The molecule has 6 nitrogen and oxygen atoms in total. The van der Waals surface area contributed by atoms with Crippen LogP contribution in [0.3, 0.4) is 0 Å². The Labute approximate surface area is 124 Å². The number of aromatic nitrogens is 4. The van der Waals surface area contributed by atoms with Crippen LogP contribution < -0.4 is 5.32 Å². The summed E-state index contributed by atoms with van der Waals surface area (Å²) in [5.74, 6) is 0.280. The third kappa shape index (κ3) is 3.40. The van der Waals surface area contributed by atoms with Crippen molar-refractivity contribution in [3.63, 3.8) is 0 Å². The molecular weight excluding hydrogens is 286 g/mol. The number of imidazole rings is 1. The molecule has 0 unspecified atom stereocenters. The van der Waals surface area contributed by atoms with Crippen LogP contribution in [0.15, 0.2) is 54.7 Å². The van der Waals surface area contributed by atoms with E-state index in [-0.39, 0.29) is 5.91 Å². The molecule has 1 N–H and O–H groups in total. The predicted molar refractivity (Wildman–Crippen MR) is 81.1 cm³/mol. The van der Waals surface area contributed by atoms with Gasteiger partial charge in [-0.15, -0.1) is 11.3 Å². The average Bonchev–Trinajstić information content (AvgIpc) is 3.19. The molecule has 7 heteroatoms. The van der Waals surface area contributed by atoms with E-state index in [2.05, 4.69) is 20.3 Å². The van der Waals surface area contributed by atoms with Gasteiger partial charge < -0.3 is 5.32 Å². The maximum Gasteiger partial charge on any atom is 0.248 e. The maximum atomic E-state index is 11.8. The molecule has 3 heterocycles. The van der Waals surface area contributed by atoms with Gasteiger partial charge in [-0.2, -0.15) is 0 Å². The molecule has 0 fully saturated rings. The smallest absolute Gasteiger partial charge is 0.248 e. The number of carbonyl (C=O) groups is 1. The molecule has 3 rings (SSSR count). The molecule has 0 atom stereocenters. The number of anilines is 1. The highest BCUT2D eigenvalue weighted by atomic mass is 32.1. The van der Waals surface area contributed by atoms with Gasteiger partial charge in [0.05, 0.1) is 18.1 Å². The van der Waals surface area contributed by atoms with Crippen molar-refractivity contribution in [3.05, 3.63) is 59.6 Å². The molecule has 3 aromatic rings. The maximum absolute atomic E-state index is 11.8. The van der Waals surface area contributed by atoms with Crippen LogP contribution in [-0.2, 0) is 4.79 Å². The number of carbonyl (C=O) groups excluding carboxylic acids is 1. The summed E-state index contributed by atoms with van der Waals surface area (Å²) in [6.45, 7) is 0. The van der Waals surface area contributed by atoms with E-state index >= 15 is 0 Å². The fraction of sp³-hybridized carbons (Fsp3) is 0. The summed E-state index contributed by atoms with van der Waals surface area (Å²) in [4.78, 5) is 25.0. The number of rotatable bonds is 4. The Morgan fingerprint density at radius 1 is 1.33 bits per heavy atom. The third-order valence-electron chi connectivity index (χ3n) is 2.58. The molecular formula is C14H11N5OS. The van der Waals surface area contributed by atoms with E-state index in [0.717, 1.165) is 4.88 Å². The van der Waals surface area contributed by atoms with Crippen molar-refractivity contribution in [2.24, 2.45) is 0 Å². The largest absolute Gasteiger partial charge is 0.320 e. The Balaban J connectivity index is 1.64. The fourth-order valence-corrected chi connectivity index (χ4v) is 2.24. The first-order valence-corrected chi connectivity index (χ1v) is 7.02.